The monoisotopic (exact) mass is 436 g/mol. The van der Waals surface area contributed by atoms with E-state index in [4.69, 9.17) is 15.2 Å². The van der Waals surface area contributed by atoms with Crippen molar-refractivity contribution in [2.75, 3.05) is 14.2 Å². The lowest BCUT2D eigenvalue weighted by molar-refractivity contribution is -0.143. The Bertz CT molecular complexity index is 1150. The van der Waals surface area contributed by atoms with Gasteiger partial charge in [-0.2, -0.15) is 13.2 Å². The molecule has 2 aromatic carbocycles. The second-order valence-electron chi connectivity index (χ2n) is 6.77. The third kappa shape index (κ3) is 4.82. The number of aromatic nitrogens is 1. The number of fused-ring (bicyclic) bond motifs is 1. The molecular weight excluding hydrogens is 416 g/mol. The molecule has 3 rings (SSSR count). The SMILES string of the molecule is COc1ccc(C(=CC(N)=O)CCn2c(C(F)(F)F)cc3cc(F)ccc32)cc1OC. The van der Waals surface area contributed by atoms with Crippen molar-refractivity contribution in [2.24, 2.45) is 5.73 Å². The first-order valence-corrected chi connectivity index (χ1v) is 9.22. The van der Waals surface area contributed by atoms with Crippen LogP contribution in [-0.2, 0) is 17.5 Å². The maximum Gasteiger partial charge on any atom is 0.431 e. The topological polar surface area (TPSA) is 66.5 Å². The summed E-state index contributed by atoms with van der Waals surface area (Å²) in [5.41, 5.74) is 5.62. The molecule has 0 radical (unpaired) electrons. The molecule has 0 spiro atoms. The third-order valence-corrected chi connectivity index (χ3v) is 4.83. The van der Waals surface area contributed by atoms with Crippen LogP contribution >= 0.6 is 0 Å². The van der Waals surface area contributed by atoms with E-state index in [1.54, 1.807) is 18.2 Å². The number of primary amides is 1. The van der Waals surface area contributed by atoms with Crippen LogP contribution in [0.3, 0.4) is 0 Å². The van der Waals surface area contributed by atoms with E-state index in [0.717, 1.165) is 22.8 Å². The molecule has 31 heavy (non-hydrogen) atoms. The Kier molecular flexibility index (Phi) is 6.24. The highest BCUT2D eigenvalue weighted by Gasteiger charge is 2.35. The van der Waals surface area contributed by atoms with Gasteiger partial charge in [0.15, 0.2) is 11.5 Å². The number of allylic oxidation sites excluding steroid dienone is 1. The van der Waals surface area contributed by atoms with Gasteiger partial charge in [0.25, 0.3) is 0 Å². The number of alkyl halides is 3. The Morgan fingerprint density at radius 2 is 1.77 bits per heavy atom. The summed E-state index contributed by atoms with van der Waals surface area (Å²) in [5.74, 6) is -0.506. The van der Waals surface area contributed by atoms with Crippen LogP contribution in [0, 0.1) is 5.82 Å². The number of benzene rings is 2. The maximum atomic E-state index is 13.6. The Balaban J connectivity index is 2.02. The summed E-state index contributed by atoms with van der Waals surface area (Å²) < 4.78 is 65.8. The number of amides is 1. The molecule has 0 fully saturated rings. The summed E-state index contributed by atoms with van der Waals surface area (Å²) in [6.07, 6.45) is -3.41. The molecule has 0 aliphatic heterocycles. The molecule has 9 heteroatoms. The van der Waals surface area contributed by atoms with Gasteiger partial charge >= 0.3 is 6.18 Å². The van der Waals surface area contributed by atoms with E-state index in [9.17, 15) is 22.4 Å². The zero-order valence-corrected chi connectivity index (χ0v) is 16.8. The summed E-state index contributed by atoms with van der Waals surface area (Å²) in [4.78, 5) is 11.6. The average molecular weight is 436 g/mol. The first-order valence-electron chi connectivity index (χ1n) is 9.22. The van der Waals surface area contributed by atoms with E-state index >= 15 is 0 Å². The molecule has 1 aromatic heterocycles. The number of carbonyl (C=O) groups excluding carboxylic acids is 1. The van der Waals surface area contributed by atoms with Crippen molar-refractivity contribution in [1.82, 2.24) is 4.57 Å². The summed E-state index contributed by atoms with van der Waals surface area (Å²) in [6, 6.07) is 9.26. The number of nitrogens with two attached hydrogens (primary N) is 1. The Labute approximate surface area is 175 Å². The van der Waals surface area contributed by atoms with E-state index in [1.807, 2.05) is 0 Å². The normalized spacial score (nSPS) is 12.3. The van der Waals surface area contributed by atoms with Crippen molar-refractivity contribution in [3.8, 4) is 11.5 Å². The molecule has 0 bridgehead atoms. The lowest BCUT2D eigenvalue weighted by Gasteiger charge is -2.16. The van der Waals surface area contributed by atoms with Crippen molar-refractivity contribution in [3.63, 3.8) is 0 Å². The zero-order valence-electron chi connectivity index (χ0n) is 16.8. The number of rotatable bonds is 7. The fourth-order valence-corrected chi connectivity index (χ4v) is 3.46. The van der Waals surface area contributed by atoms with Crippen LogP contribution in [0.2, 0.25) is 0 Å². The van der Waals surface area contributed by atoms with Crippen LogP contribution < -0.4 is 15.2 Å². The van der Waals surface area contributed by atoms with Gasteiger partial charge in [0.2, 0.25) is 5.91 Å². The average Bonchev–Trinajstić information content (AvgIpc) is 3.08. The van der Waals surface area contributed by atoms with Crippen LogP contribution in [0.5, 0.6) is 11.5 Å². The molecule has 0 aliphatic rings. The zero-order chi connectivity index (χ0) is 22.8. The predicted molar refractivity (Wildman–Crippen MR) is 108 cm³/mol. The van der Waals surface area contributed by atoms with Gasteiger partial charge in [-0.05, 0) is 54.0 Å². The van der Waals surface area contributed by atoms with Crippen molar-refractivity contribution >= 4 is 22.4 Å². The van der Waals surface area contributed by atoms with Crippen molar-refractivity contribution in [3.05, 3.63) is 65.6 Å². The van der Waals surface area contributed by atoms with E-state index in [0.29, 0.717) is 22.6 Å². The molecule has 2 N–H and O–H groups in total. The minimum absolute atomic E-state index is 0.0582. The molecule has 0 saturated heterocycles. The van der Waals surface area contributed by atoms with Gasteiger partial charge in [0.1, 0.15) is 11.5 Å². The highest BCUT2D eigenvalue weighted by Crippen LogP contribution is 2.36. The number of carbonyl (C=O) groups is 1. The van der Waals surface area contributed by atoms with Gasteiger partial charge in [0.05, 0.1) is 14.2 Å². The number of methoxy groups -OCH3 is 2. The molecule has 0 aliphatic carbocycles. The number of halogens is 4. The van der Waals surface area contributed by atoms with Crippen molar-refractivity contribution in [2.45, 2.75) is 19.1 Å². The summed E-state index contributed by atoms with van der Waals surface area (Å²) in [6.45, 7) is -0.114. The van der Waals surface area contributed by atoms with Gasteiger partial charge in [-0.25, -0.2) is 4.39 Å². The van der Waals surface area contributed by atoms with Crippen LogP contribution in [0.4, 0.5) is 17.6 Å². The summed E-state index contributed by atoms with van der Waals surface area (Å²) >= 11 is 0. The number of aryl methyl sites for hydroxylation is 1. The van der Waals surface area contributed by atoms with Crippen LogP contribution in [0.1, 0.15) is 17.7 Å². The second kappa shape index (κ2) is 8.71. The van der Waals surface area contributed by atoms with E-state index in [1.165, 1.54) is 26.4 Å². The first-order chi connectivity index (χ1) is 14.6. The molecule has 1 amide bonds. The highest BCUT2D eigenvalue weighted by atomic mass is 19.4. The summed E-state index contributed by atoms with van der Waals surface area (Å²) in [5, 5.41) is 0.138. The quantitative estimate of drug-likeness (QED) is 0.428. The number of nitrogens with zero attached hydrogens (tertiary/aromatic N) is 1. The smallest absolute Gasteiger partial charge is 0.431 e. The van der Waals surface area contributed by atoms with Crippen molar-refractivity contribution < 1.29 is 31.8 Å². The van der Waals surface area contributed by atoms with Gasteiger partial charge in [-0.1, -0.05) is 6.07 Å². The second-order valence-corrected chi connectivity index (χ2v) is 6.77. The molecule has 5 nitrogen and oxygen atoms in total. The Hall–Kier alpha value is -3.49. The number of ether oxygens (including phenoxy) is 2. The Morgan fingerprint density at radius 1 is 1.06 bits per heavy atom. The molecule has 164 valence electrons. The fraction of sp³-hybridized carbons (Fsp3) is 0.227. The largest absolute Gasteiger partial charge is 0.493 e. The fourth-order valence-electron chi connectivity index (χ4n) is 3.46. The molecule has 1 heterocycles. The first kappa shape index (κ1) is 22.2. The summed E-state index contributed by atoms with van der Waals surface area (Å²) in [7, 11) is 2.91. The minimum atomic E-state index is -4.63. The molecule has 0 atom stereocenters. The number of hydrogen-bond donors (Lipinski definition) is 1. The Morgan fingerprint density at radius 3 is 2.39 bits per heavy atom. The number of hydrogen-bond acceptors (Lipinski definition) is 3. The van der Waals surface area contributed by atoms with E-state index in [2.05, 4.69) is 0 Å². The lowest BCUT2D eigenvalue weighted by atomic mass is 10.0. The highest BCUT2D eigenvalue weighted by molar-refractivity contribution is 5.94. The lowest BCUT2D eigenvalue weighted by Crippen LogP contribution is -2.14. The third-order valence-electron chi connectivity index (χ3n) is 4.83. The minimum Gasteiger partial charge on any atom is -0.493 e. The van der Waals surface area contributed by atoms with Gasteiger partial charge in [-0.15, -0.1) is 0 Å². The van der Waals surface area contributed by atoms with Gasteiger partial charge in [-0.3, -0.25) is 4.79 Å². The molecular formula is C22H20F4N2O3. The van der Waals surface area contributed by atoms with E-state index < -0.39 is 23.6 Å². The van der Waals surface area contributed by atoms with Crippen molar-refractivity contribution in [1.29, 1.82) is 0 Å². The van der Waals surface area contributed by atoms with Gasteiger partial charge in [0, 0.05) is 23.5 Å². The molecule has 3 aromatic rings. The maximum absolute atomic E-state index is 13.6. The van der Waals surface area contributed by atoms with Gasteiger partial charge < -0.3 is 19.8 Å². The standard InChI is InChI=1S/C22H20F4N2O3/c1-30-18-6-3-13(10-19(18)31-2)14(12-21(27)29)7-8-28-17-5-4-16(23)9-15(17)11-20(28)22(24,25)26/h3-6,9-12H,7-8H2,1-2H3,(H2,27,29). The van der Waals surface area contributed by atoms with Crippen LogP contribution in [-0.4, -0.2) is 24.7 Å². The molecule has 0 unspecified atom stereocenters. The van der Waals surface area contributed by atoms with Crippen LogP contribution in [0.25, 0.3) is 16.5 Å². The van der Waals surface area contributed by atoms with E-state index in [-0.39, 0.29) is 23.9 Å². The van der Waals surface area contributed by atoms with Crippen LogP contribution in [0.15, 0.2) is 48.5 Å². The molecule has 0 saturated carbocycles. The predicted octanol–water partition coefficient (Wildman–Crippen LogP) is 4.78.